The standard InChI is InChI=1S/C22H41N3O2/c1-20-21(2)25(24-23-20)19-17-15-13-11-9-7-5-3-4-6-8-10-12-14-16-18-22(26)27/h3-19H2,1-2H3,(H,26,27). The minimum atomic E-state index is -0.909. The van der Waals surface area contributed by atoms with Crippen molar-refractivity contribution in [1.29, 1.82) is 0 Å². The van der Waals surface area contributed by atoms with Crippen molar-refractivity contribution in [2.24, 2.45) is 0 Å². The number of aliphatic carboxylic acids is 1. The molecule has 0 aliphatic rings. The molecular weight excluding hydrogens is 338 g/mol. The Hall–Kier alpha value is -1.39. The second kappa shape index (κ2) is 15.6. The number of aryl methyl sites for hydroxylation is 2. The van der Waals surface area contributed by atoms with Crippen molar-refractivity contribution in [2.75, 3.05) is 0 Å². The van der Waals surface area contributed by atoms with Crippen LogP contribution in [0.5, 0.6) is 0 Å². The zero-order valence-corrected chi connectivity index (χ0v) is 17.7. The van der Waals surface area contributed by atoms with Crippen LogP contribution in [0.3, 0.4) is 0 Å². The Morgan fingerprint density at radius 2 is 1.19 bits per heavy atom. The van der Waals surface area contributed by atoms with Gasteiger partial charge in [-0.25, -0.2) is 0 Å². The van der Waals surface area contributed by atoms with Crippen LogP contribution in [-0.2, 0) is 11.3 Å². The van der Waals surface area contributed by atoms with E-state index in [1.165, 1.54) is 89.2 Å². The van der Waals surface area contributed by atoms with Crippen molar-refractivity contribution in [3.05, 3.63) is 11.4 Å². The summed E-state index contributed by atoms with van der Waals surface area (Å²) in [6.07, 6.45) is 19.3. The van der Waals surface area contributed by atoms with Gasteiger partial charge in [0.1, 0.15) is 6.54 Å². The number of aromatic amines is 1. The van der Waals surface area contributed by atoms with Crippen molar-refractivity contribution in [3.63, 3.8) is 0 Å². The Bertz CT molecular complexity index is 500. The second-order valence-electron chi connectivity index (χ2n) is 7.96. The Labute approximate surface area is 165 Å². The normalized spacial score (nSPS) is 11.2. The quantitative estimate of drug-likeness (QED) is 0.305. The van der Waals surface area contributed by atoms with Crippen LogP contribution in [0.4, 0.5) is 0 Å². The maximum Gasteiger partial charge on any atom is 0.218 e. The van der Waals surface area contributed by atoms with Gasteiger partial charge in [-0.2, -0.15) is 4.68 Å². The van der Waals surface area contributed by atoms with E-state index in [-0.39, 0.29) is 6.42 Å². The van der Waals surface area contributed by atoms with Crippen LogP contribution in [0.15, 0.2) is 0 Å². The number of rotatable bonds is 18. The van der Waals surface area contributed by atoms with Gasteiger partial charge >= 0.3 is 0 Å². The molecule has 1 rings (SSSR count). The highest BCUT2D eigenvalue weighted by atomic mass is 16.4. The molecular formula is C22H41N3O2. The fourth-order valence-electron chi connectivity index (χ4n) is 3.54. The van der Waals surface area contributed by atoms with Gasteiger partial charge in [-0.3, -0.25) is 0 Å². The maximum atomic E-state index is 10.3. The second-order valence-corrected chi connectivity index (χ2v) is 7.96. The number of hydrogen-bond donors (Lipinski definition) is 1. The zero-order chi connectivity index (χ0) is 19.7. The van der Waals surface area contributed by atoms with Crippen LogP contribution in [0.2, 0.25) is 0 Å². The number of H-pyrrole nitrogens is 1. The molecule has 27 heavy (non-hydrogen) atoms. The molecule has 0 bridgehead atoms. The molecule has 0 aliphatic carbocycles. The summed E-state index contributed by atoms with van der Waals surface area (Å²) < 4.78 is 2.16. The largest absolute Gasteiger partial charge is 0.550 e. The molecule has 156 valence electrons. The number of aromatic nitrogens is 3. The first-order chi connectivity index (χ1) is 13.1. The SMILES string of the molecule is Cc1n[nH][n+](CCCCCCCCCCCCCCCCCC(=O)[O-])c1C. The minimum absolute atomic E-state index is 0.225. The van der Waals surface area contributed by atoms with E-state index in [0.29, 0.717) is 0 Å². The molecule has 0 atom stereocenters. The number of carbonyl (C=O) groups excluding carboxylic acids is 1. The van der Waals surface area contributed by atoms with Crippen molar-refractivity contribution in [3.8, 4) is 0 Å². The first kappa shape index (κ1) is 23.6. The van der Waals surface area contributed by atoms with E-state index >= 15 is 0 Å². The van der Waals surface area contributed by atoms with Gasteiger partial charge in [0.2, 0.25) is 5.69 Å². The Balaban J connectivity index is 1.74. The molecule has 0 aromatic carbocycles. The molecule has 1 heterocycles. The predicted molar refractivity (Wildman–Crippen MR) is 107 cm³/mol. The van der Waals surface area contributed by atoms with Crippen LogP contribution in [0.25, 0.3) is 0 Å². The van der Waals surface area contributed by atoms with E-state index < -0.39 is 5.97 Å². The lowest BCUT2D eigenvalue weighted by Gasteiger charge is -2.04. The molecule has 0 saturated carbocycles. The number of carboxylic acid groups (broad SMARTS) is 1. The van der Waals surface area contributed by atoms with Gasteiger partial charge < -0.3 is 9.90 Å². The highest BCUT2D eigenvalue weighted by Crippen LogP contribution is 2.13. The topological polar surface area (TPSA) is 72.7 Å². The summed E-state index contributed by atoms with van der Waals surface area (Å²) in [7, 11) is 0. The number of nitrogens with zero attached hydrogens (tertiary/aromatic N) is 2. The van der Waals surface area contributed by atoms with Crippen molar-refractivity contribution in [2.45, 2.75) is 123 Å². The van der Waals surface area contributed by atoms with Crippen molar-refractivity contribution < 1.29 is 14.6 Å². The fourth-order valence-corrected chi connectivity index (χ4v) is 3.54. The van der Waals surface area contributed by atoms with Crippen LogP contribution in [0, 0.1) is 13.8 Å². The minimum Gasteiger partial charge on any atom is -0.550 e. The Morgan fingerprint density at radius 3 is 1.56 bits per heavy atom. The van der Waals surface area contributed by atoms with E-state index in [1.807, 2.05) is 6.92 Å². The van der Waals surface area contributed by atoms with Gasteiger partial charge in [-0.15, -0.1) is 0 Å². The average molecular weight is 380 g/mol. The molecule has 0 unspecified atom stereocenters. The average Bonchev–Trinajstić information content (AvgIpc) is 2.96. The van der Waals surface area contributed by atoms with Crippen LogP contribution >= 0.6 is 0 Å². The predicted octanol–water partition coefficient (Wildman–Crippen LogP) is 4.31. The molecule has 1 aromatic rings. The summed E-state index contributed by atoms with van der Waals surface area (Å²) in [4.78, 5) is 10.3. The summed E-state index contributed by atoms with van der Waals surface area (Å²) >= 11 is 0. The van der Waals surface area contributed by atoms with Gasteiger partial charge in [0.25, 0.3) is 0 Å². The Kier molecular flexibility index (Phi) is 13.7. The maximum absolute atomic E-state index is 10.3. The van der Waals surface area contributed by atoms with E-state index in [0.717, 1.165) is 25.1 Å². The van der Waals surface area contributed by atoms with Crippen LogP contribution in [0.1, 0.15) is 114 Å². The number of carbonyl (C=O) groups is 1. The first-order valence-electron chi connectivity index (χ1n) is 11.2. The molecule has 1 N–H and O–H groups in total. The van der Waals surface area contributed by atoms with E-state index in [1.54, 1.807) is 0 Å². The highest BCUT2D eigenvalue weighted by Gasteiger charge is 2.11. The third-order valence-corrected chi connectivity index (χ3v) is 5.53. The monoisotopic (exact) mass is 379 g/mol. The van der Waals surface area contributed by atoms with Crippen molar-refractivity contribution >= 4 is 5.97 Å². The van der Waals surface area contributed by atoms with Gasteiger partial charge in [-0.05, 0) is 25.7 Å². The number of hydrogen-bond acceptors (Lipinski definition) is 3. The lowest BCUT2D eigenvalue weighted by molar-refractivity contribution is -0.759. The molecule has 0 radical (unpaired) electrons. The summed E-state index contributed by atoms with van der Waals surface area (Å²) in [6.45, 7) is 5.23. The Morgan fingerprint density at radius 1 is 0.778 bits per heavy atom. The number of unbranched alkanes of at least 4 members (excludes halogenated alkanes) is 14. The first-order valence-corrected chi connectivity index (χ1v) is 11.2. The highest BCUT2D eigenvalue weighted by molar-refractivity contribution is 5.63. The van der Waals surface area contributed by atoms with Crippen molar-refractivity contribution in [1.82, 2.24) is 10.3 Å². The molecule has 0 fully saturated rings. The van der Waals surface area contributed by atoms with Gasteiger partial charge in [0.15, 0.2) is 5.69 Å². The molecule has 0 saturated heterocycles. The van der Waals surface area contributed by atoms with E-state index in [9.17, 15) is 9.90 Å². The van der Waals surface area contributed by atoms with Crippen LogP contribution < -0.4 is 9.79 Å². The van der Waals surface area contributed by atoms with E-state index in [2.05, 4.69) is 21.9 Å². The van der Waals surface area contributed by atoms with E-state index in [4.69, 9.17) is 0 Å². The lowest BCUT2D eigenvalue weighted by atomic mass is 10.0. The molecule has 0 aliphatic heterocycles. The van der Waals surface area contributed by atoms with Gasteiger partial charge in [0, 0.05) is 24.9 Å². The molecule has 5 heteroatoms. The summed E-state index contributed by atoms with van der Waals surface area (Å²) in [6, 6.07) is 0. The summed E-state index contributed by atoms with van der Waals surface area (Å²) in [5.74, 6) is -0.909. The summed E-state index contributed by atoms with van der Waals surface area (Å²) in [5, 5.41) is 17.6. The molecule has 0 amide bonds. The molecule has 1 aromatic heterocycles. The third kappa shape index (κ3) is 12.6. The number of nitrogens with one attached hydrogen (secondary N) is 1. The smallest absolute Gasteiger partial charge is 0.218 e. The van der Waals surface area contributed by atoms with Gasteiger partial charge in [0.05, 0.1) is 0 Å². The molecule has 0 spiro atoms. The van der Waals surface area contributed by atoms with Crippen LogP contribution in [-0.4, -0.2) is 16.3 Å². The third-order valence-electron chi connectivity index (χ3n) is 5.53. The fraction of sp³-hybridized carbons (Fsp3) is 0.864. The summed E-state index contributed by atoms with van der Waals surface area (Å²) in [5.41, 5.74) is 2.36. The number of carboxylic acids is 1. The molecule has 5 nitrogen and oxygen atoms in total. The zero-order valence-electron chi connectivity index (χ0n) is 17.7. The lowest BCUT2D eigenvalue weighted by Crippen LogP contribution is -2.38. The van der Waals surface area contributed by atoms with Gasteiger partial charge in [-0.1, -0.05) is 82.3 Å².